The average Bonchev–Trinajstić information content (AvgIpc) is 3.69. The molecule has 7 nitrogen and oxygen atoms in total. The summed E-state index contributed by atoms with van der Waals surface area (Å²) in [6, 6.07) is 23.7. The number of aryl methyl sites for hydroxylation is 2. The van der Waals surface area contributed by atoms with Crippen molar-refractivity contribution in [1.82, 2.24) is 10.1 Å². The van der Waals surface area contributed by atoms with E-state index in [4.69, 9.17) is 4.52 Å². The van der Waals surface area contributed by atoms with Crippen molar-refractivity contribution < 1.29 is 37.1 Å². The molecule has 4 aromatic rings. The van der Waals surface area contributed by atoms with Crippen molar-refractivity contribution in [2.75, 3.05) is 6.54 Å². The Kier molecular flexibility index (Phi) is 10.6. The Morgan fingerprint density at radius 1 is 1.00 bits per heavy atom. The van der Waals surface area contributed by atoms with Crippen molar-refractivity contribution in [2.24, 2.45) is 5.92 Å². The van der Waals surface area contributed by atoms with Crippen molar-refractivity contribution in [3.63, 3.8) is 0 Å². The van der Waals surface area contributed by atoms with E-state index in [2.05, 4.69) is 9.89 Å². The number of hydrogen-bond acceptors (Lipinski definition) is 6. The standard InChI is InChI=1S/C36H37F3N2O5/c1-24-19-34(46-40-24)31-16-8-18-41(31)35(44)28-14-7-13-27(22-28)33(43)23-29(20-25-9-3-2-4-10-25)32(42)17-6-12-26-11-5-15-30(21-26)45-36(37,38)39/h2-5,7,9-11,13-15,19,21-22,29,31-32,42H,6,8,12,16-18,20,23H2,1H3/t29-,31?,32-/m1/s1. The Hall–Kier alpha value is -4.44. The number of ketones is 1. The van der Waals surface area contributed by atoms with Gasteiger partial charge in [-0.05, 0) is 86.8 Å². The molecule has 5 rings (SSSR count). The van der Waals surface area contributed by atoms with Crippen molar-refractivity contribution >= 4 is 11.7 Å². The monoisotopic (exact) mass is 634 g/mol. The molecule has 0 radical (unpaired) electrons. The molecule has 0 aliphatic carbocycles. The highest BCUT2D eigenvalue weighted by Crippen LogP contribution is 2.34. The number of aliphatic hydroxyl groups excluding tert-OH is 1. The zero-order valence-electron chi connectivity index (χ0n) is 25.6. The first kappa shape index (κ1) is 32.9. The van der Waals surface area contributed by atoms with Crippen LogP contribution in [0.5, 0.6) is 5.75 Å². The molecule has 46 heavy (non-hydrogen) atoms. The van der Waals surface area contributed by atoms with Gasteiger partial charge in [0.15, 0.2) is 11.5 Å². The Morgan fingerprint density at radius 3 is 2.48 bits per heavy atom. The summed E-state index contributed by atoms with van der Waals surface area (Å²) in [5, 5.41) is 15.2. The predicted molar refractivity (Wildman–Crippen MR) is 165 cm³/mol. The summed E-state index contributed by atoms with van der Waals surface area (Å²) in [7, 11) is 0. The van der Waals surface area contributed by atoms with E-state index in [1.54, 1.807) is 35.2 Å². The lowest BCUT2D eigenvalue weighted by Gasteiger charge is -2.24. The molecule has 242 valence electrons. The summed E-state index contributed by atoms with van der Waals surface area (Å²) in [5.41, 5.74) is 3.18. The number of amides is 1. The minimum Gasteiger partial charge on any atom is -0.406 e. The Bertz CT molecular complexity index is 1620. The van der Waals surface area contributed by atoms with Crippen molar-refractivity contribution in [1.29, 1.82) is 0 Å². The van der Waals surface area contributed by atoms with Gasteiger partial charge in [0.05, 0.1) is 17.8 Å². The molecule has 1 amide bonds. The van der Waals surface area contributed by atoms with E-state index in [0.717, 1.165) is 24.1 Å². The Morgan fingerprint density at radius 2 is 1.74 bits per heavy atom. The van der Waals surface area contributed by atoms with Crippen LogP contribution in [0.25, 0.3) is 0 Å². The molecule has 1 aliphatic heterocycles. The number of hydrogen-bond donors (Lipinski definition) is 1. The number of carbonyl (C=O) groups is 2. The molecule has 1 unspecified atom stereocenters. The molecular weight excluding hydrogens is 597 g/mol. The maximum Gasteiger partial charge on any atom is 0.573 e. The van der Waals surface area contributed by atoms with Gasteiger partial charge >= 0.3 is 6.36 Å². The van der Waals surface area contributed by atoms with Crippen LogP contribution in [-0.4, -0.2) is 45.9 Å². The lowest BCUT2D eigenvalue weighted by atomic mass is 9.85. The van der Waals surface area contributed by atoms with Gasteiger partial charge < -0.3 is 19.3 Å². The van der Waals surface area contributed by atoms with E-state index in [1.165, 1.54) is 18.2 Å². The van der Waals surface area contributed by atoms with E-state index in [1.807, 2.05) is 43.3 Å². The van der Waals surface area contributed by atoms with Gasteiger partial charge in [-0.1, -0.05) is 59.8 Å². The summed E-state index contributed by atoms with van der Waals surface area (Å²) in [6.07, 6.45) is -2.18. The number of halogens is 3. The summed E-state index contributed by atoms with van der Waals surface area (Å²) in [5.74, 6) is -0.415. The SMILES string of the molecule is Cc1cc(C2CCCN2C(=O)c2cccc(C(=O)C[C@@H](Cc3ccccc3)[C@H](O)CCCc3cccc(OC(F)(F)F)c3)c2)on1. The first-order valence-corrected chi connectivity index (χ1v) is 15.5. The van der Waals surface area contributed by atoms with Crippen LogP contribution in [0, 0.1) is 12.8 Å². The molecule has 3 aromatic carbocycles. The van der Waals surface area contributed by atoms with Gasteiger partial charge in [0, 0.05) is 30.2 Å². The quantitative estimate of drug-likeness (QED) is 0.152. The molecule has 0 bridgehead atoms. The molecule has 0 spiro atoms. The lowest BCUT2D eigenvalue weighted by molar-refractivity contribution is -0.274. The zero-order valence-corrected chi connectivity index (χ0v) is 25.6. The minimum atomic E-state index is -4.77. The smallest absolute Gasteiger partial charge is 0.406 e. The van der Waals surface area contributed by atoms with Crippen LogP contribution < -0.4 is 4.74 Å². The molecule has 2 heterocycles. The van der Waals surface area contributed by atoms with Crippen LogP contribution in [-0.2, 0) is 12.8 Å². The van der Waals surface area contributed by atoms with Gasteiger partial charge in [0.2, 0.25) is 0 Å². The Balaban J connectivity index is 1.25. The van der Waals surface area contributed by atoms with E-state index >= 15 is 0 Å². The van der Waals surface area contributed by atoms with Crippen molar-refractivity contribution in [3.8, 4) is 5.75 Å². The molecule has 3 atom stereocenters. The summed E-state index contributed by atoms with van der Waals surface area (Å²) < 4.78 is 47.4. The van der Waals surface area contributed by atoms with Gasteiger partial charge in [-0.15, -0.1) is 13.2 Å². The van der Waals surface area contributed by atoms with Gasteiger partial charge in [-0.3, -0.25) is 9.59 Å². The molecule has 1 fully saturated rings. The fourth-order valence-electron chi connectivity index (χ4n) is 6.10. The van der Waals surface area contributed by atoms with Crippen LogP contribution in [0.2, 0.25) is 0 Å². The zero-order chi connectivity index (χ0) is 32.7. The number of ether oxygens (including phenoxy) is 1. The number of carbonyl (C=O) groups excluding carboxylic acids is 2. The Labute approximate surface area is 266 Å². The second-order valence-electron chi connectivity index (χ2n) is 11.8. The van der Waals surface area contributed by atoms with E-state index in [9.17, 15) is 27.9 Å². The van der Waals surface area contributed by atoms with Crippen LogP contribution in [0.4, 0.5) is 13.2 Å². The molecule has 1 aromatic heterocycles. The lowest BCUT2D eigenvalue weighted by Crippen LogP contribution is -2.30. The number of Topliss-reactive ketones (excluding diaryl/α,β-unsaturated/α-hetero) is 1. The molecule has 1 aliphatic rings. The molecule has 1 saturated heterocycles. The molecule has 10 heteroatoms. The van der Waals surface area contributed by atoms with Gasteiger partial charge in [0.1, 0.15) is 5.75 Å². The van der Waals surface area contributed by atoms with Crippen molar-refractivity contribution in [2.45, 2.75) is 70.4 Å². The van der Waals surface area contributed by atoms with Crippen LogP contribution in [0.3, 0.4) is 0 Å². The maximum absolute atomic E-state index is 13.6. The van der Waals surface area contributed by atoms with E-state index in [-0.39, 0.29) is 29.9 Å². The van der Waals surface area contributed by atoms with Crippen LogP contribution in [0.1, 0.15) is 81.4 Å². The van der Waals surface area contributed by atoms with Crippen LogP contribution in [0.15, 0.2) is 89.5 Å². The third kappa shape index (κ3) is 8.84. The number of nitrogens with zero attached hydrogens (tertiary/aromatic N) is 2. The third-order valence-corrected chi connectivity index (χ3v) is 8.35. The highest BCUT2D eigenvalue weighted by atomic mass is 19.4. The molecule has 1 N–H and O–H groups in total. The maximum atomic E-state index is 13.6. The summed E-state index contributed by atoms with van der Waals surface area (Å²) in [6.45, 7) is 2.41. The number of rotatable bonds is 13. The molecular formula is C36H37F3N2O5. The number of aromatic nitrogens is 1. The molecule has 0 saturated carbocycles. The van der Waals surface area contributed by atoms with E-state index < -0.39 is 18.4 Å². The normalized spacial score (nSPS) is 16.3. The van der Waals surface area contributed by atoms with E-state index in [0.29, 0.717) is 54.7 Å². The average molecular weight is 635 g/mol. The topological polar surface area (TPSA) is 92.9 Å². The van der Waals surface area contributed by atoms with Crippen LogP contribution >= 0.6 is 0 Å². The number of aliphatic hydroxyl groups is 1. The third-order valence-electron chi connectivity index (χ3n) is 8.35. The fraction of sp³-hybridized carbons (Fsp3) is 0.361. The number of benzene rings is 3. The number of alkyl halides is 3. The summed E-state index contributed by atoms with van der Waals surface area (Å²) in [4.78, 5) is 28.9. The highest BCUT2D eigenvalue weighted by molar-refractivity contribution is 6.00. The van der Waals surface area contributed by atoms with Gasteiger partial charge in [-0.2, -0.15) is 0 Å². The minimum absolute atomic E-state index is 0.0618. The second kappa shape index (κ2) is 14.8. The predicted octanol–water partition coefficient (Wildman–Crippen LogP) is 7.67. The number of likely N-dealkylation sites (tertiary alicyclic amines) is 1. The first-order chi connectivity index (χ1) is 22.1. The fourth-order valence-corrected chi connectivity index (χ4v) is 6.10. The van der Waals surface area contributed by atoms with Crippen molar-refractivity contribution in [3.05, 3.63) is 119 Å². The largest absolute Gasteiger partial charge is 0.573 e. The first-order valence-electron chi connectivity index (χ1n) is 15.5. The van der Waals surface area contributed by atoms with Gasteiger partial charge in [0.25, 0.3) is 5.91 Å². The highest BCUT2D eigenvalue weighted by Gasteiger charge is 2.34. The second-order valence-corrected chi connectivity index (χ2v) is 11.8. The summed E-state index contributed by atoms with van der Waals surface area (Å²) >= 11 is 0. The van der Waals surface area contributed by atoms with Gasteiger partial charge in [-0.25, -0.2) is 0 Å².